The number of hydrogen-bond donors (Lipinski definition) is 0. The van der Waals surface area contributed by atoms with Crippen LogP contribution < -0.4 is 4.90 Å². The number of likely N-dealkylation sites (N-methyl/N-ethyl adjacent to an activating group) is 1. The molecule has 0 spiro atoms. The topological polar surface area (TPSA) is 45.0 Å². The third kappa shape index (κ3) is 2.52. The maximum Gasteiger partial charge on any atom is 0.279 e. The van der Waals surface area contributed by atoms with Gasteiger partial charge in [-0.15, -0.1) is 5.10 Å². The summed E-state index contributed by atoms with van der Waals surface area (Å²) in [6.45, 7) is 0. The second-order valence-electron chi connectivity index (χ2n) is 4.60. The summed E-state index contributed by atoms with van der Waals surface area (Å²) >= 11 is 3.44. The van der Waals surface area contributed by atoms with E-state index in [4.69, 9.17) is 0 Å². The van der Waals surface area contributed by atoms with Crippen molar-refractivity contribution in [3.05, 3.63) is 64.1 Å². The largest absolute Gasteiger partial charge is 0.309 e. The van der Waals surface area contributed by atoms with Crippen molar-refractivity contribution in [2.75, 3.05) is 11.9 Å². The Bertz CT molecular complexity index is 768. The number of carbonyl (C=O) groups is 1. The molecular weight excluding hydrogens is 330 g/mol. The van der Waals surface area contributed by atoms with Crippen LogP contribution in [-0.4, -0.2) is 24.9 Å². The molecular formula is C16H12BrN3O. The molecule has 2 aromatic carbocycles. The summed E-state index contributed by atoms with van der Waals surface area (Å²) in [5.41, 5.74) is 2.96. The van der Waals surface area contributed by atoms with Gasteiger partial charge < -0.3 is 4.90 Å². The first-order valence-electron chi connectivity index (χ1n) is 6.41. The van der Waals surface area contributed by atoms with Gasteiger partial charge in [-0.1, -0.05) is 52.3 Å². The predicted molar refractivity (Wildman–Crippen MR) is 88.1 cm³/mol. The molecule has 1 amide bonds. The third-order valence-electron chi connectivity index (χ3n) is 3.29. The number of hydrogen-bond acceptors (Lipinski definition) is 3. The van der Waals surface area contributed by atoms with Crippen LogP contribution in [0, 0.1) is 0 Å². The highest BCUT2D eigenvalue weighted by atomic mass is 79.9. The van der Waals surface area contributed by atoms with Gasteiger partial charge in [0.25, 0.3) is 5.91 Å². The zero-order valence-corrected chi connectivity index (χ0v) is 12.9. The molecule has 2 aromatic rings. The number of rotatable bonds is 2. The number of nitrogens with zero attached hydrogens (tertiary/aromatic N) is 3. The van der Waals surface area contributed by atoms with E-state index >= 15 is 0 Å². The number of carbonyl (C=O) groups excluding carboxylic acids is 1. The molecule has 1 aliphatic rings. The molecule has 1 heterocycles. The van der Waals surface area contributed by atoms with Crippen LogP contribution in [0.2, 0.25) is 0 Å². The Morgan fingerprint density at radius 3 is 2.62 bits per heavy atom. The van der Waals surface area contributed by atoms with Gasteiger partial charge in [0.2, 0.25) is 0 Å². The fraction of sp³-hybridized carbons (Fsp3) is 0.0625. The smallest absolute Gasteiger partial charge is 0.279 e. The maximum atomic E-state index is 12.2. The summed E-state index contributed by atoms with van der Waals surface area (Å²) in [6, 6.07) is 15.3. The van der Waals surface area contributed by atoms with Crippen molar-refractivity contribution in [1.29, 1.82) is 0 Å². The Morgan fingerprint density at radius 1 is 1.10 bits per heavy atom. The second-order valence-corrected chi connectivity index (χ2v) is 5.45. The zero-order chi connectivity index (χ0) is 14.8. The second kappa shape index (κ2) is 5.61. The molecule has 0 saturated heterocycles. The highest BCUT2D eigenvalue weighted by Crippen LogP contribution is 2.27. The van der Waals surface area contributed by atoms with Crippen LogP contribution in [0.1, 0.15) is 11.1 Å². The van der Waals surface area contributed by atoms with Gasteiger partial charge in [0.15, 0.2) is 5.71 Å². The zero-order valence-electron chi connectivity index (χ0n) is 11.3. The van der Waals surface area contributed by atoms with Gasteiger partial charge >= 0.3 is 0 Å². The maximum absolute atomic E-state index is 12.2. The summed E-state index contributed by atoms with van der Waals surface area (Å²) in [5.74, 6) is -0.138. The Balaban J connectivity index is 1.94. The molecule has 0 aromatic heterocycles. The van der Waals surface area contributed by atoms with Gasteiger partial charge in [0.1, 0.15) is 0 Å². The van der Waals surface area contributed by atoms with Crippen molar-refractivity contribution in [2.24, 2.45) is 10.2 Å². The van der Waals surface area contributed by atoms with Crippen molar-refractivity contribution in [1.82, 2.24) is 0 Å². The molecule has 0 N–H and O–H groups in total. The molecule has 4 nitrogen and oxygen atoms in total. The van der Waals surface area contributed by atoms with E-state index in [0.29, 0.717) is 5.71 Å². The van der Waals surface area contributed by atoms with E-state index in [1.54, 1.807) is 18.2 Å². The lowest BCUT2D eigenvalue weighted by Gasteiger charge is -2.07. The Labute approximate surface area is 130 Å². The number of para-hydroxylation sites is 1. The van der Waals surface area contributed by atoms with Crippen molar-refractivity contribution in [3.63, 3.8) is 0 Å². The SMILES string of the molecule is CN1C(=O)/C(=N/N=C\c2ccccc2Br)c2ccccc21. The molecule has 104 valence electrons. The number of benzene rings is 2. The van der Waals surface area contributed by atoms with Crippen LogP contribution in [0.3, 0.4) is 0 Å². The number of amides is 1. The van der Waals surface area contributed by atoms with Crippen molar-refractivity contribution in [2.45, 2.75) is 0 Å². The number of halogens is 1. The molecule has 0 saturated carbocycles. The summed E-state index contributed by atoms with van der Waals surface area (Å²) in [7, 11) is 1.74. The molecule has 21 heavy (non-hydrogen) atoms. The minimum atomic E-state index is -0.138. The highest BCUT2D eigenvalue weighted by Gasteiger charge is 2.30. The van der Waals surface area contributed by atoms with Crippen LogP contribution in [0.15, 0.2) is 63.2 Å². The van der Waals surface area contributed by atoms with E-state index in [1.165, 1.54) is 0 Å². The van der Waals surface area contributed by atoms with E-state index in [9.17, 15) is 4.79 Å². The van der Waals surface area contributed by atoms with E-state index in [1.807, 2.05) is 48.5 Å². The molecule has 5 heteroatoms. The monoisotopic (exact) mass is 341 g/mol. The van der Waals surface area contributed by atoms with Crippen LogP contribution in [0.5, 0.6) is 0 Å². The molecule has 0 aliphatic carbocycles. The first-order valence-corrected chi connectivity index (χ1v) is 7.21. The lowest BCUT2D eigenvalue weighted by Crippen LogP contribution is -2.25. The molecule has 0 bridgehead atoms. The van der Waals surface area contributed by atoms with Crippen molar-refractivity contribution in [3.8, 4) is 0 Å². The Hall–Kier alpha value is -2.27. The minimum absolute atomic E-state index is 0.138. The molecule has 0 radical (unpaired) electrons. The van der Waals surface area contributed by atoms with E-state index in [0.717, 1.165) is 21.3 Å². The first-order chi connectivity index (χ1) is 10.2. The van der Waals surface area contributed by atoms with Crippen LogP contribution in [0.4, 0.5) is 5.69 Å². The normalized spacial score (nSPS) is 16.0. The average molecular weight is 342 g/mol. The van der Waals surface area contributed by atoms with Crippen LogP contribution in [-0.2, 0) is 4.79 Å². The van der Waals surface area contributed by atoms with Gasteiger partial charge in [-0.25, -0.2) is 0 Å². The third-order valence-corrected chi connectivity index (χ3v) is 4.01. The first kappa shape index (κ1) is 13.7. The van der Waals surface area contributed by atoms with Gasteiger partial charge in [-0.2, -0.15) is 5.10 Å². The molecule has 0 atom stereocenters. The Kier molecular flexibility index (Phi) is 3.66. The molecule has 0 fully saturated rings. The Morgan fingerprint density at radius 2 is 1.81 bits per heavy atom. The lowest BCUT2D eigenvalue weighted by atomic mass is 10.1. The standard InChI is InChI=1S/C16H12BrN3O/c1-20-14-9-5-3-7-12(14)15(16(20)21)19-18-10-11-6-2-4-8-13(11)17/h2-10H,1H3/b18-10-,19-15+. The summed E-state index contributed by atoms with van der Waals surface area (Å²) < 4.78 is 0.934. The van der Waals surface area contributed by atoms with Crippen LogP contribution >= 0.6 is 15.9 Å². The highest BCUT2D eigenvalue weighted by molar-refractivity contribution is 9.10. The number of anilines is 1. The average Bonchev–Trinajstić information content (AvgIpc) is 2.74. The van der Waals surface area contributed by atoms with Gasteiger partial charge in [-0.05, 0) is 12.1 Å². The van der Waals surface area contributed by atoms with Crippen LogP contribution in [0.25, 0.3) is 0 Å². The van der Waals surface area contributed by atoms with E-state index in [2.05, 4.69) is 26.1 Å². The fourth-order valence-corrected chi connectivity index (χ4v) is 2.56. The summed E-state index contributed by atoms with van der Waals surface area (Å²) in [5, 5.41) is 8.16. The molecule has 1 aliphatic heterocycles. The number of fused-ring (bicyclic) bond motifs is 1. The molecule has 3 rings (SSSR count). The summed E-state index contributed by atoms with van der Waals surface area (Å²) in [4.78, 5) is 13.8. The lowest BCUT2D eigenvalue weighted by molar-refractivity contribution is -0.111. The van der Waals surface area contributed by atoms with Gasteiger partial charge in [0.05, 0.1) is 11.9 Å². The van der Waals surface area contributed by atoms with E-state index in [-0.39, 0.29) is 5.91 Å². The van der Waals surface area contributed by atoms with Gasteiger partial charge in [-0.3, -0.25) is 4.79 Å². The summed E-state index contributed by atoms with van der Waals surface area (Å²) in [6.07, 6.45) is 1.63. The fourth-order valence-electron chi connectivity index (χ4n) is 2.18. The molecule has 0 unspecified atom stereocenters. The quantitative estimate of drug-likeness (QED) is 0.610. The van der Waals surface area contributed by atoms with Crippen molar-refractivity contribution >= 4 is 39.5 Å². The van der Waals surface area contributed by atoms with Gasteiger partial charge in [0, 0.05) is 22.6 Å². The van der Waals surface area contributed by atoms with Crippen molar-refractivity contribution < 1.29 is 4.79 Å². The predicted octanol–water partition coefficient (Wildman–Crippen LogP) is 3.25. The van der Waals surface area contributed by atoms with E-state index < -0.39 is 0 Å². The minimum Gasteiger partial charge on any atom is -0.309 e.